The largest absolute Gasteiger partial charge is 0.497 e. The minimum Gasteiger partial charge on any atom is -0.497 e. The molecule has 0 aliphatic heterocycles. The molecule has 0 bridgehead atoms. The van der Waals surface area contributed by atoms with Crippen LogP contribution in [-0.4, -0.2) is 25.5 Å². The maximum atomic E-state index is 12.7. The average molecular weight is 410 g/mol. The first-order valence-electron chi connectivity index (χ1n) is 10.0. The normalized spacial score (nSPS) is 10.6. The van der Waals surface area contributed by atoms with Crippen LogP contribution in [0.2, 0.25) is 0 Å². The third-order valence-corrected chi connectivity index (χ3v) is 5.18. The molecule has 154 valence electrons. The van der Waals surface area contributed by atoms with E-state index in [1.165, 1.54) is 0 Å². The first-order chi connectivity index (χ1) is 15.1. The van der Waals surface area contributed by atoms with Crippen molar-refractivity contribution in [3.63, 3.8) is 0 Å². The van der Waals surface area contributed by atoms with E-state index in [4.69, 9.17) is 9.47 Å². The number of fused-ring (bicyclic) bond motifs is 1. The molecule has 4 nitrogen and oxygen atoms in total. The Kier molecular flexibility index (Phi) is 6.08. The molecule has 0 fully saturated rings. The van der Waals surface area contributed by atoms with Gasteiger partial charge in [0.05, 0.1) is 12.7 Å². The van der Waals surface area contributed by atoms with Crippen LogP contribution < -0.4 is 4.74 Å². The molecule has 4 rings (SSSR count). The minimum atomic E-state index is -0.495. The van der Waals surface area contributed by atoms with Crippen molar-refractivity contribution in [2.24, 2.45) is 0 Å². The quantitative estimate of drug-likeness (QED) is 0.299. The van der Waals surface area contributed by atoms with Crippen LogP contribution in [0.3, 0.4) is 0 Å². The number of carbonyl (C=O) groups is 2. The highest BCUT2D eigenvalue weighted by Gasteiger charge is 2.15. The molecule has 0 aliphatic rings. The molecular weight excluding hydrogens is 388 g/mol. The number of hydrogen-bond acceptors (Lipinski definition) is 4. The van der Waals surface area contributed by atoms with E-state index < -0.39 is 5.97 Å². The van der Waals surface area contributed by atoms with Gasteiger partial charge in [-0.1, -0.05) is 66.7 Å². The van der Waals surface area contributed by atoms with E-state index >= 15 is 0 Å². The summed E-state index contributed by atoms with van der Waals surface area (Å²) in [5.41, 5.74) is 2.95. The first kappa shape index (κ1) is 20.4. The van der Waals surface area contributed by atoms with Gasteiger partial charge in [-0.05, 0) is 52.6 Å². The van der Waals surface area contributed by atoms with E-state index in [0.29, 0.717) is 17.5 Å². The number of methoxy groups -OCH3 is 1. The fraction of sp³-hybridized carbons (Fsp3) is 0.111. The lowest BCUT2D eigenvalue weighted by Crippen LogP contribution is -2.15. The molecule has 0 aromatic heterocycles. The van der Waals surface area contributed by atoms with Gasteiger partial charge < -0.3 is 9.47 Å². The molecule has 4 aromatic carbocycles. The van der Waals surface area contributed by atoms with Crippen LogP contribution in [0.1, 0.15) is 31.8 Å². The van der Waals surface area contributed by atoms with Crippen LogP contribution in [0.4, 0.5) is 0 Å². The van der Waals surface area contributed by atoms with Crippen molar-refractivity contribution in [3.8, 4) is 5.75 Å². The van der Waals surface area contributed by atoms with Gasteiger partial charge in [-0.2, -0.15) is 0 Å². The number of ketones is 1. The van der Waals surface area contributed by atoms with E-state index in [-0.39, 0.29) is 12.4 Å². The van der Waals surface area contributed by atoms with Gasteiger partial charge in [0.1, 0.15) is 5.75 Å². The second kappa shape index (κ2) is 9.26. The minimum absolute atomic E-state index is 0.244. The van der Waals surface area contributed by atoms with Crippen molar-refractivity contribution in [1.29, 1.82) is 0 Å². The first-order valence-corrected chi connectivity index (χ1v) is 10.0. The fourth-order valence-corrected chi connectivity index (χ4v) is 3.51. The zero-order chi connectivity index (χ0) is 21.6. The summed E-state index contributed by atoms with van der Waals surface area (Å²) in [5.74, 6) is 0.0201. The van der Waals surface area contributed by atoms with Gasteiger partial charge in [-0.25, -0.2) is 4.79 Å². The maximum absolute atomic E-state index is 12.7. The number of carbonyl (C=O) groups excluding carboxylic acids is 2. The summed E-state index contributed by atoms with van der Waals surface area (Å²) in [6, 6.07) is 28.3. The van der Waals surface area contributed by atoms with Crippen molar-refractivity contribution < 1.29 is 19.1 Å². The molecule has 0 N–H and O–H groups in total. The Labute approximate surface area is 181 Å². The molecule has 0 aliphatic carbocycles. The molecule has 31 heavy (non-hydrogen) atoms. The van der Waals surface area contributed by atoms with Crippen LogP contribution in [-0.2, 0) is 11.2 Å². The maximum Gasteiger partial charge on any atom is 0.338 e. The van der Waals surface area contributed by atoms with E-state index in [1.807, 2.05) is 66.7 Å². The highest BCUT2D eigenvalue weighted by Crippen LogP contribution is 2.22. The Morgan fingerprint density at radius 2 is 1.48 bits per heavy atom. The van der Waals surface area contributed by atoms with Crippen LogP contribution in [0.15, 0.2) is 91.0 Å². The number of Topliss-reactive ketones (excluding diaryl/α,β-unsaturated/α-hetero) is 1. The van der Waals surface area contributed by atoms with Crippen molar-refractivity contribution in [3.05, 3.63) is 113 Å². The molecule has 0 radical (unpaired) electrons. The van der Waals surface area contributed by atoms with Gasteiger partial charge in [0.25, 0.3) is 0 Å². The molecule has 4 heteroatoms. The lowest BCUT2D eigenvalue weighted by Gasteiger charge is -2.10. The molecule has 0 amide bonds. The van der Waals surface area contributed by atoms with Gasteiger partial charge in [-0.15, -0.1) is 0 Å². The van der Waals surface area contributed by atoms with Gasteiger partial charge >= 0.3 is 5.97 Å². The number of ether oxygens (including phenoxy) is 2. The highest BCUT2D eigenvalue weighted by molar-refractivity contribution is 6.02. The molecular formula is C27H22O4. The number of esters is 1. The van der Waals surface area contributed by atoms with Gasteiger partial charge in [0.2, 0.25) is 0 Å². The molecule has 4 aromatic rings. The third kappa shape index (κ3) is 4.81. The van der Waals surface area contributed by atoms with Crippen molar-refractivity contribution in [2.45, 2.75) is 6.42 Å². The van der Waals surface area contributed by atoms with Crippen molar-refractivity contribution >= 4 is 22.5 Å². The van der Waals surface area contributed by atoms with E-state index in [2.05, 4.69) is 0 Å². The summed E-state index contributed by atoms with van der Waals surface area (Å²) in [7, 11) is 1.62. The Morgan fingerprint density at radius 3 is 2.29 bits per heavy atom. The Balaban J connectivity index is 1.45. The second-order valence-corrected chi connectivity index (χ2v) is 7.25. The highest BCUT2D eigenvalue weighted by atomic mass is 16.5. The summed E-state index contributed by atoms with van der Waals surface area (Å²) < 4.78 is 10.6. The van der Waals surface area contributed by atoms with Crippen LogP contribution >= 0.6 is 0 Å². The molecule has 0 saturated heterocycles. The van der Waals surface area contributed by atoms with Crippen LogP contribution in [0, 0.1) is 0 Å². The lowest BCUT2D eigenvalue weighted by atomic mass is 10.00. The van der Waals surface area contributed by atoms with E-state index in [1.54, 1.807) is 31.4 Å². The number of hydrogen-bond donors (Lipinski definition) is 0. The Bertz CT molecular complexity index is 1230. The standard InChI is InChI=1S/C27H22O4/c1-30-24-14-13-20-16-23(12-11-21(20)17-24)26(28)18-31-27(29)25-10-6-5-9-22(25)15-19-7-3-2-4-8-19/h2-14,16-17H,15,18H2,1H3. The number of benzene rings is 4. The summed E-state index contributed by atoms with van der Waals surface area (Å²) in [4.78, 5) is 25.3. The molecule has 0 unspecified atom stereocenters. The number of rotatable bonds is 7. The van der Waals surface area contributed by atoms with Crippen molar-refractivity contribution in [2.75, 3.05) is 13.7 Å². The molecule has 0 saturated carbocycles. The SMILES string of the molecule is COc1ccc2cc(C(=O)COC(=O)c3ccccc3Cc3ccccc3)ccc2c1. The van der Waals surface area contributed by atoms with Gasteiger partial charge in [0.15, 0.2) is 12.4 Å². The lowest BCUT2D eigenvalue weighted by molar-refractivity contribution is 0.0474. The summed E-state index contributed by atoms with van der Waals surface area (Å²) in [5, 5.41) is 1.90. The van der Waals surface area contributed by atoms with E-state index in [0.717, 1.165) is 27.6 Å². The Morgan fingerprint density at radius 1 is 0.774 bits per heavy atom. The van der Waals surface area contributed by atoms with Gasteiger partial charge in [-0.3, -0.25) is 4.79 Å². The van der Waals surface area contributed by atoms with Gasteiger partial charge in [0, 0.05) is 5.56 Å². The third-order valence-electron chi connectivity index (χ3n) is 5.18. The molecule has 0 spiro atoms. The van der Waals surface area contributed by atoms with Crippen LogP contribution in [0.5, 0.6) is 5.75 Å². The topological polar surface area (TPSA) is 52.6 Å². The average Bonchev–Trinajstić information content (AvgIpc) is 2.82. The zero-order valence-electron chi connectivity index (χ0n) is 17.2. The monoisotopic (exact) mass is 410 g/mol. The summed E-state index contributed by atoms with van der Waals surface area (Å²) in [6.07, 6.45) is 0.619. The summed E-state index contributed by atoms with van der Waals surface area (Å²) >= 11 is 0. The van der Waals surface area contributed by atoms with E-state index in [9.17, 15) is 9.59 Å². The van der Waals surface area contributed by atoms with Crippen molar-refractivity contribution in [1.82, 2.24) is 0 Å². The smallest absolute Gasteiger partial charge is 0.338 e. The second-order valence-electron chi connectivity index (χ2n) is 7.25. The van der Waals surface area contributed by atoms with Crippen LogP contribution in [0.25, 0.3) is 10.8 Å². The molecule has 0 atom stereocenters. The predicted molar refractivity (Wildman–Crippen MR) is 121 cm³/mol. The zero-order valence-corrected chi connectivity index (χ0v) is 17.2. The fourth-order valence-electron chi connectivity index (χ4n) is 3.51. The summed E-state index contributed by atoms with van der Waals surface area (Å²) in [6.45, 7) is -0.305. The Hall–Kier alpha value is -3.92. The predicted octanol–water partition coefficient (Wildman–Crippen LogP) is 5.48. The molecule has 0 heterocycles.